The number of nitrogens with one attached hydrogen (secondary N) is 3. The molecular weight excluding hydrogens is 244 g/mol. The molecule has 3 N–H and O–H groups in total. The van der Waals surface area contributed by atoms with Gasteiger partial charge in [-0.1, -0.05) is 11.3 Å². The number of aromatic amines is 2. The maximum atomic E-state index is 12.1. The van der Waals surface area contributed by atoms with Crippen molar-refractivity contribution in [1.29, 1.82) is 0 Å². The van der Waals surface area contributed by atoms with E-state index in [1.165, 1.54) is 0 Å². The predicted octanol–water partition coefficient (Wildman–Crippen LogP) is 1.17. The summed E-state index contributed by atoms with van der Waals surface area (Å²) in [6, 6.07) is 7.16. The van der Waals surface area contributed by atoms with Crippen molar-refractivity contribution in [2.45, 2.75) is 13.0 Å². The number of carbonyl (C=O) groups excluding carboxylic acids is 1. The first-order valence-corrected chi connectivity index (χ1v) is 5.85. The molecule has 3 rings (SSSR count). The Morgan fingerprint density at radius 1 is 1.37 bits per heavy atom. The summed E-state index contributed by atoms with van der Waals surface area (Å²) < 4.78 is 0. The van der Waals surface area contributed by atoms with Crippen LogP contribution in [0, 0.1) is 0 Å². The van der Waals surface area contributed by atoms with Crippen molar-refractivity contribution in [2.75, 3.05) is 0 Å². The minimum Gasteiger partial charge on any atom is -0.361 e. The molecule has 0 saturated heterocycles. The van der Waals surface area contributed by atoms with Crippen LogP contribution in [0.25, 0.3) is 10.9 Å². The molecule has 1 atom stereocenters. The van der Waals surface area contributed by atoms with Crippen molar-refractivity contribution in [3.05, 3.63) is 41.9 Å². The molecule has 1 unspecified atom stereocenters. The van der Waals surface area contributed by atoms with Crippen molar-refractivity contribution in [2.24, 2.45) is 0 Å². The van der Waals surface area contributed by atoms with Gasteiger partial charge in [-0.05, 0) is 30.5 Å². The summed E-state index contributed by atoms with van der Waals surface area (Å²) in [6.45, 7) is 1.80. The number of carbonyl (C=O) groups is 1. The molecule has 0 saturated carbocycles. The number of tetrazole rings is 1. The standard InChI is InChI=1S/C12H12N6O/c1-7(11-15-17-18-16-11)14-12(19)9-3-2-8-4-5-13-10(8)6-9/h2-7,13H,1H3,(H,14,19)(H,15,16,17,18). The highest BCUT2D eigenvalue weighted by Gasteiger charge is 2.14. The quantitative estimate of drug-likeness (QED) is 0.655. The number of nitrogens with zero attached hydrogens (tertiary/aromatic N) is 3. The van der Waals surface area contributed by atoms with E-state index < -0.39 is 0 Å². The minimum atomic E-state index is -0.300. The topological polar surface area (TPSA) is 99.4 Å². The van der Waals surface area contributed by atoms with E-state index in [0.717, 1.165) is 10.9 Å². The number of rotatable bonds is 3. The molecule has 0 aliphatic carbocycles. The van der Waals surface area contributed by atoms with Gasteiger partial charge < -0.3 is 10.3 Å². The van der Waals surface area contributed by atoms with E-state index in [0.29, 0.717) is 11.4 Å². The molecular formula is C12H12N6O. The van der Waals surface area contributed by atoms with Gasteiger partial charge >= 0.3 is 0 Å². The van der Waals surface area contributed by atoms with Crippen LogP contribution >= 0.6 is 0 Å². The molecule has 19 heavy (non-hydrogen) atoms. The van der Waals surface area contributed by atoms with Gasteiger partial charge in [0.05, 0.1) is 6.04 Å². The van der Waals surface area contributed by atoms with E-state index in [-0.39, 0.29) is 11.9 Å². The van der Waals surface area contributed by atoms with Crippen molar-refractivity contribution in [3.63, 3.8) is 0 Å². The van der Waals surface area contributed by atoms with E-state index in [9.17, 15) is 4.79 Å². The Labute approximate surface area is 108 Å². The van der Waals surface area contributed by atoms with E-state index in [4.69, 9.17) is 0 Å². The Kier molecular flexibility index (Phi) is 2.71. The lowest BCUT2D eigenvalue weighted by atomic mass is 10.1. The highest BCUT2D eigenvalue weighted by atomic mass is 16.1. The SMILES string of the molecule is CC(NC(=O)c1ccc2cc[nH]c2c1)c1nn[nH]n1. The smallest absolute Gasteiger partial charge is 0.251 e. The molecule has 0 fully saturated rings. The predicted molar refractivity (Wildman–Crippen MR) is 68.4 cm³/mol. The second-order valence-corrected chi connectivity index (χ2v) is 4.24. The zero-order valence-corrected chi connectivity index (χ0v) is 10.2. The summed E-state index contributed by atoms with van der Waals surface area (Å²) in [7, 11) is 0. The zero-order valence-electron chi connectivity index (χ0n) is 10.2. The molecule has 96 valence electrons. The summed E-state index contributed by atoms with van der Waals surface area (Å²) >= 11 is 0. The van der Waals surface area contributed by atoms with E-state index in [1.54, 1.807) is 13.0 Å². The van der Waals surface area contributed by atoms with Crippen molar-refractivity contribution >= 4 is 16.8 Å². The van der Waals surface area contributed by atoms with Gasteiger partial charge in [0.15, 0.2) is 5.82 Å². The molecule has 0 radical (unpaired) electrons. The van der Waals surface area contributed by atoms with E-state index in [2.05, 4.69) is 30.9 Å². The lowest BCUT2D eigenvalue weighted by Crippen LogP contribution is -2.27. The average molecular weight is 256 g/mol. The first-order chi connectivity index (χ1) is 9.24. The second-order valence-electron chi connectivity index (χ2n) is 4.24. The number of benzene rings is 1. The molecule has 7 heteroatoms. The fourth-order valence-corrected chi connectivity index (χ4v) is 1.89. The van der Waals surface area contributed by atoms with Crippen LogP contribution in [0.1, 0.15) is 29.1 Å². The molecule has 1 aromatic carbocycles. The van der Waals surface area contributed by atoms with Gasteiger partial charge in [-0.15, -0.1) is 10.2 Å². The lowest BCUT2D eigenvalue weighted by Gasteiger charge is -2.09. The monoisotopic (exact) mass is 256 g/mol. The van der Waals surface area contributed by atoms with Crippen LogP contribution in [0.4, 0.5) is 0 Å². The van der Waals surface area contributed by atoms with Gasteiger partial charge in [-0.25, -0.2) is 0 Å². The number of fused-ring (bicyclic) bond motifs is 1. The van der Waals surface area contributed by atoms with Gasteiger partial charge in [0.25, 0.3) is 5.91 Å². The molecule has 0 spiro atoms. The number of H-pyrrole nitrogens is 2. The fourth-order valence-electron chi connectivity index (χ4n) is 1.89. The highest BCUT2D eigenvalue weighted by Crippen LogP contribution is 2.15. The zero-order chi connectivity index (χ0) is 13.2. The normalized spacial score (nSPS) is 12.5. The Morgan fingerprint density at radius 2 is 2.26 bits per heavy atom. The maximum Gasteiger partial charge on any atom is 0.251 e. The van der Waals surface area contributed by atoms with Crippen LogP contribution in [-0.2, 0) is 0 Å². The van der Waals surface area contributed by atoms with E-state index in [1.807, 2.05) is 24.4 Å². The lowest BCUT2D eigenvalue weighted by molar-refractivity contribution is 0.0938. The van der Waals surface area contributed by atoms with Crippen LogP contribution in [0.5, 0.6) is 0 Å². The van der Waals surface area contributed by atoms with Crippen LogP contribution in [0.2, 0.25) is 0 Å². The summed E-state index contributed by atoms with van der Waals surface area (Å²) in [6.07, 6.45) is 1.84. The van der Waals surface area contributed by atoms with Gasteiger partial charge in [0, 0.05) is 17.3 Å². The van der Waals surface area contributed by atoms with Gasteiger partial charge in [-0.2, -0.15) is 5.21 Å². The van der Waals surface area contributed by atoms with Crippen molar-refractivity contribution < 1.29 is 4.79 Å². The first-order valence-electron chi connectivity index (χ1n) is 5.85. The molecule has 3 aromatic rings. The minimum absolute atomic E-state index is 0.172. The Hall–Kier alpha value is -2.70. The van der Waals surface area contributed by atoms with Crippen LogP contribution in [0.3, 0.4) is 0 Å². The molecule has 0 bridgehead atoms. The summed E-state index contributed by atoms with van der Waals surface area (Å²) in [5.41, 5.74) is 1.52. The third-order valence-electron chi connectivity index (χ3n) is 2.91. The number of hydrogen-bond acceptors (Lipinski definition) is 4. The third kappa shape index (κ3) is 2.17. The van der Waals surface area contributed by atoms with E-state index >= 15 is 0 Å². The maximum absolute atomic E-state index is 12.1. The first kappa shape index (κ1) is 11.4. The average Bonchev–Trinajstić information content (AvgIpc) is 3.09. The molecule has 0 aliphatic heterocycles. The second kappa shape index (κ2) is 4.52. The van der Waals surface area contributed by atoms with Crippen molar-refractivity contribution in [3.8, 4) is 0 Å². The largest absolute Gasteiger partial charge is 0.361 e. The Balaban J connectivity index is 1.79. The molecule has 1 amide bonds. The highest BCUT2D eigenvalue weighted by molar-refractivity contribution is 5.98. The molecule has 2 aromatic heterocycles. The molecule has 0 aliphatic rings. The molecule has 2 heterocycles. The third-order valence-corrected chi connectivity index (χ3v) is 2.91. The number of aromatic nitrogens is 5. The summed E-state index contributed by atoms with van der Waals surface area (Å²) in [4.78, 5) is 15.2. The Bertz CT molecular complexity index is 702. The van der Waals surface area contributed by atoms with Gasteiger partial charge in [0.2, 0.25) is 0 Å². The Morgan fingerprint density at radius 3 is 3.05 bits per heavy atom. The van der Waals surface area contributed by atoms with Crippen LogP contribution in [-0.4, -0.2) is 31.5 Å². The molecule has 7 nitrogen and oxygen atoms in total. The number of hydrogen-bond donors (Lipinski definition) is 3. The van der Waals surface area contributed by atoms with Gasteiger partial charge in [0.1, 0.15) is 0 Å². The summed E-state index contributed by atoms with van der Waals surface area (Å²) in [5.74, 6) is 0.281. The summed E-state index contributed by atoms with van der Waals surface area (Å²) in [5, 5.41) is 17.4. The van der Waals surface area contributed by atoms with Crippen LogP contribution in [0.15, 0.2) is 30.5 Å². The van der Waals surface area contributed by atoms with Gasteiger partial charge in [-0.3, -0.25) is 4.79 Å². The van der Waals surface area contributed by atoms with Crippen molar-refractivity contribution in [1.82, 2.24) is 30.9 Å². The van der Waals surface area contributed by atoms with Crippen LogP contribution < -0.4 is 5.32 Å². The number of amides is 1. The fraction of sp³-hybridized carbons (Fsp3) is 0.167.